The van der Waals surface area contributed by atoms with Crippen molar-refractivity contribution < 1.29 is 4.74 Å². The highest BCUT2D eigenvalue weighted by Gasteiger charge is 2.09. The van der Waals surface area contributed by atoms with Crippen molar-refractivity contribution in [1.82, 2.24) is 9.88 Å². The van der Waals surface area contributed by atoms with Crippen LogP contribution >= 0.6 is 0 Å². The minimum absolute atomic E-state index is 0.866. The van der Waals surface area contributed by atoms with Gasteiger partial charge in [0.1, 0.15) is 0 Å². The largest absolute Gasteiger partial charge is 0.379 e. The first-order valence-corrected chi connectivity index (χ1v) is 4.64. The molecule has 0 atom stereocenters. The lowest BCUT2D eigenvalue weighted by Gasteiger charge is -2.26. The van der Waals surface area contributed by atoms with Crippen LogP contribution in [0, 0.1) is 0 Å². The van der Waals surface area contributed by atoms with Gasteiger partial charge >= 0.3 is 0 Å². The Balaban J connectivity index is 1.90. The molecule has 2 rings (SSSR count). The van der Waals surface area contributed by atoms with E-state index in [1.165, 1.54) is 5.56 Å². The number of hydrogen-bond acceptors (Lipinski definition) is 3. The van der Waals surface area contributed by atoms with Gasteiger partial charge in [-0.05, 0) is 17.7 Å². The van der Waals surface area contributed by atoms with Crippen molar-refractivity contribution in [3.05, 3.63) is 30.1 Å². The predicted octanol–water partition coefficient (Wildman–Crippen LogP) is 0.914. The number of morpholine rings is 1. The molecule has 3 heteroatoms. The molecule has 0 unspecified atom stereocenters. The fraction of sp³-hybridized carbons (Fsp3) is 0.500. The Morgan fingerprint density at radius 3 is 2.62 bits per heavy atom. The van der Waals surface area contributed by atoms with E-state index in [2.05, 4.69) is 22.0 Å². The Hall–Kier alpha value is -0.930. The molecule has 3 nitrogen and oxygen atoms in total. The molecule has 0 aromatic carbocycles. The van der Waals surface area contributed by atoms with Gasteiger partial charge in [0.2, 0.25) is 0 Å². The first-order valence-electron chi connectivity index (χ1n) is 4.64. The molecule has 2 heterocycles. The van der Waals surface area contributed by atoms with Crippen LogP contribution in [0.4, 0.5) is 0 Å². The smallest absolute Gasteiger partial charge is 0.0594 e. The summed E-state index contributed by atoms with van der Waals surface area (Å²) >= 11 is 0. The topological polar surface area (TPSA) is 25.4 Å². The van der Waals surface area contributed by atoms with Crippen LogP contribution in [0.15, 0.2) is 24.5 Å². The lowest BCUT2D eigenvalue weighted by atomic mass is 10.2. The van der Waals surface area contributed by atoms with E-state index in [4.69, 9.17) is 4.74 Å². The van der Waals surface area contributed by atoms with Gasteiger partial charge in [0.25, 0.3) is 0 Å². The van der Waals surface area contributed by atoms with E-state index in [0.717, 1.165) is 32.8 Å². The molecular formula is C10H14N2O. The van der Waals surface area contributed by atoms with Crippen molar-refractivity contribution in [2.45, 2.75) is 6.54 Å². The molecule has 0 radical (unpaired) electrons. The molecule has 0 spiro atoms. The van der Waals surface area contributed by atoms with Crippen LogP contribution in [0.5, 0.6) is 0 Å². The van der Waals surface area contributed by atoms with Gasteiger partial charge in [-0.25, -0.2) is 0 Å². The molecule has 1 aliphatic heterocycles. The number of ether oxygens (including phenoxy) is 1. The van der Waals surface area contributed by atoms with Gasteiger partial charge in [-0.1, -0.05) is 0 Å². The number of hydrogen-bond donors (Lipinski definition) is 0. The number of nitrogens with zero attached hydrogens (tertiary/aromatic N) is 2. The summed E-state index contributed by atoms with van der Waals surface area (Å²) in [5.74, 6) is 0. The Bertz CT molecular complexity index is 244. The first-order chi connectivity index (χ1) is 6.45. The third-order valence-corrected chi connectivity index (χ3v) is 2.26. The molecule has 13 heavy (non-hydrogen) atoms. The van der Waals surface area contributed by atoms with Crippen molar-refractivity contribution in [2.75, 3.05) is 26.3 Å². The quantitative estimate of drug-likeness (QED) is 0.673. The average Bonchev–Trinajstić information content (AvgIpc) is 2.21. The van der Waals surface area contributed by atoms with Gasteiger partial charge < -0.3 is 4.74 Å². The van der Waals surface area contributed by atoms with Gasteiger partial charge in [-0.15, -0.1) is 0 Å². The van der Waals surface area contributed by atoms with Crippen LogP contribution in [0.2, 0.25) is 0 Å². The van der Waals surface area contributed by atoms with Crippen LogP contribution in [0.1, 0.15) is 5.56 Å². The fourth-order valence-electron chi connectivity index (χ4n) is 1.51. The molecule has 0 bridgehead atoms. The van der Waals surface area contributed by atoms with Crippen LogP contribution in [-0.2, 0) is 11.3 Å². The average molecular weight is 178 g/mol. The minimum atomic E-state index is 0.866. The SMILES string of the molecule is c1cc(CN2CCOCC2)ccn1. The summed E-state index contributed by atoms with van der Waals surface area (Å²) in [4.78, 5) is 6.40. The van der Waals surface area contributed by atoms with Crippen LogP contribution in [0.3, 0.4) is 0 Å². The zero-order valence-corrected chi connectivity index (χ0v) is 7.65. The summed E-state index contributed by atoms with van der Waals surface area (Å²) < 4.78 is 5.28. The van der Waals surface area contributed by atoms with Gasteiger partial charge in [0, 0.05) is 32.0 Å². The molecule has 1 aliphatic rings. The van der Waals surface area contributed by atoms with E-state index in [9.17, 15) is 0 Å². The molecule has 1 fully saturated rings. The van der Waals surface area contributed by atoms with Gasteiger partial charge in [-0.2, -0.15) is 0 Å². The third-order valence-electron chi connectivity index (χ3n) is 2.26. The molecule has 0 N–H and O–H groups in total. The number of aromatic nitrogens is 1. The Morgan fingerprint density at radius 1 is 1.23 bits per heavy atom. The standard InChI is InChI=1S/C10H14N2O/c1-3-11-4-2-10(1)9-12-5-7-13-8-6-12/h1-4H,5-9H2. The summed E-state index contributed by atoms with van der Waals surface area (Å²) in [7, 11) is 0. The zero-order chi connectivity index (χ0) is 8.93. The monoisotopic (exact) mass is 178 g/mol. The normalized spacial score (nSPS) is 18.8. The summed E-state index contributed by atoms with van der Waals surface area (Å²) in [6.45, 7) is 4.84. The van der Waals surface area contributed by atoms with Crippen molar-refractivity contribution in [2.24, 2.45) is 0 Å². The summed E-state index contributed by atoms with van der Waals surface area (Å²) in [6.07, 6.45) is 3.69. The highest BCUT2D eigenvalue weighted by Crippen LogP contribution is 2.04. The molecule has 0 aliphatic carbocycles. The van der Waals surface area contributed by atoms with E-state index < -0.39 is 0 Å². The van der Waals surface area contributed by atoms with E-state index in [-0.39, 0.29) is 0 Å². The van der Waals surface area contributed by atoms with Gasteiger partial charge in [-0.3, -0.25) is 9.88 Å². The van der Waals surface area contributed by atoms with Crippen molar-refractivity contribution in [3.63, 3.8) is 0 Å². The van der Waals surface area contributed by atoms with Gasteiger partial charge in [0.15, 0.2) is 0 Å². The summed E-state index contributed by atoms with van der Waals surface area (Å²) in [6, 6.07) is 4.13. The molecule has 0 saturated carbocycles. The number of rotatable bonds is 2. The molecule has 0 amide bonds. The molecule has 1 aromatic rings. The van der Waals surface area contributed by atoms with Crippen LogP contribution < -0.4 is 0 Å². The Labute approximate surface area is 78.3 Å². The Kier molecular flexibility index (Phi) is 2.90. The van der Waals surface area contributed by atoms with E-state index in [1.807, 2.05) is 12.4 Å². The highest BCUT2D eigenvalue weighted by molar-refractivity contribution is 5.09. The minimum Gasteiger partial charge on any atom is -0.379 e. The van der Waals surface area contributed by atoms with Gasteiger partial charge in [0.05, 0.1) is 13.2 Å². The lowest BCUT2D eigenvalue weighted by Crippen LogP contribution is -2.35. The van der Waals surface area contributed by atoms with E-state index in [0.29, 0.717) is 0 Å². The predicted molar refractivity (Wildman–Crippen MR) is 50.3 cm³/mol. The number of pyridine rings is 1. The zero-order valence-electron chi connectivity index (χ0n) is 7.65. The van der Waals surface area contributed by atoms with Crippen molar-refractivity contribution >= 4 is 0 Å². The van der Waals surface area contributed by atoms with Crippen molar-refractivity contribution in [1.29, 1.82) is 0 Å². The summed E-state index contributed by atoms with van der Waals surface area (Å²) in [5, 5.41) is 0. The third kappa shape index (κ3) is 2.50. The maximum absolute atomic E-state index is 5.28. The fourth-order valence-corrected chi connectivity index (χ4v) is 1.51. The highest BCUT2D eigenvalue weighted by atomic mass is 16.5. The van der Waals surface area contributed by atoms with Crippen molar-refractivity contribution in [3.8, 4) is 0 Å². The van der Waals surface area contributed by atoms with E-state index >= 15 is 0 Å². The first kappa shape index (κ1) is 8.66. The second-order valence-corrected chi connectivity index (χ2v) is 3.24. The summed E-state index contributed by atoms with van der Waals surface area (Å²) in [5.41, 5.74) is 1.33. The Morgan fingerprint density at radius 2 is 1.92 bits per heavy atom. The van der Waals surface area contributed by atoms with Crippen LogP contribution in [-0.4, -0.2) is 36.2 Å². The molecule has 1 saturated heterocycles. The van der Waals surface area contributed by atoms with E-state index in [1.54, 1.807) is 0 Å². The molecule has 1 aromatic heterocycles. The second-order valence-electron chi connectivity index (χ2n) is 3.24. The molecular weight excluding hydrogens is 164 g/mol. The van der Waals surface area contributed by atoms with Crippen LogP contribution in [0.25, 0.3) is 0 Å². The maximum Gasteiger partial charge on any atom is 0.0594 e. The molecule has 70 valence electrons. The second kappa shape index (κ2) is 4.35. The maximum atomic E-state index is 5.28. The lowest BCUT2D eigenvalue weighted by molar-refractivity contribution is 0.0342.